The second kappa shape index (κ2) is 8.31. The van der Waals surface area contributed by atoms with Crippen LogP contribution in [0.15, 0.2) is 107 Å². The van der Waals surface area contributed by atoms with Crippen LogP contribution < -0.4 is 14.2 Å². The van der Waals surface area contributed by atoms with Gasteiger partial charge in [-0.15, -0.1) is 0 Å². The van der Waals surface area contributed by atoms with Crippen LogP contribution in [0.5, 0.6) is 23.0 Å². The van der Waals surface area contributed by atoms with Gasteiger partial charge in [0.05, 0.1) is 0 Å². The Balaban J connectivity index is 1.74. The first-order valence-corrected chi connectivity index (χ1v) is 10.3. The lowest BCUT2D eigenvalue weighted by molar-refractivity contribution is -0.129. The van der Waals surface area contributed by atoms with Gasteiger partial charge >= 0.3 is 11.9 Å². The van der Waals surface area contributed by atoms with Gasteiger partial charge in [0.2, 0.25) is 9.79 Å². The van der Waals surface area contributed by atoms with Gasteiger partial charge in [-0.1, -0.05) is 25.3 Å². The molecule has 30 heavy (non-hydrogen) atoms. The lowest BCUT2D eigenvalue weighted by atomic mass is 10.3. The van der Waals surface area contributed by atoms with E-state index in [1.54, 1.807) is 24.3 Å². The Labute approximate surface area is 176 Å². The average molecular weight is 417 g/mol. The van der Waals surface area contributed by atoms with Crippen molar-refractivity contribution in [3.63, 3.8) is 0 Å². The molecule has 0 fully saturated rings. The summed E-state index contributed by atoms with van der Waals surface area (Å²) in [6.45, 7) is 6.82. The van der Waals surface area contributed by atoms with Crippen molar-refractivity contribution >= 4 is 22.8 Å². The summed E-state index contributed by atoms with van der Waals surface area (Å²) < 4.78 is 16.5. The second-order valence-corrected chi connectivity index (χ2v) is 8.15. The minimum absolute atomic E-state index is 0.383. The number of fused-ring (bicyclic) bond motifs is 2. The van der Waals surface area contributed by atoms with Gasteiger partial charge in [0.15, 0.2) is 16.4 Å². The fourth-order valence-corrected chi connectivity index (χ4v) is 5.14. The van der Waals surface area contributed by atoms with Crippen molar-refractivity contribution in [2.45, 2.75) is 14.7 Å². The van der Waals surface area contributed by atoms with Crippen molar-refractivity contribution in [1.29, 1.82) is 0 Å². The molecule has 1 heterocycles. The monoisotopic (exact) mass is 417 g/mol. The number of esters is 2. The fourth-order valence-electron chi connectivity index (χ4n) is 2.95. The van der Waals surface area contributed by atoms with Crippen molar-refractivity contribution in [1.82, 2.24) is 0 Å². The first-order chi connectivity index (χ1) is 14.6. The standard InChI is InChI=1S/C24H17O5S/c1-3-23(25)27-16-9-12-18(13-10-16)30-21-8-6-5-7-19(21)29-20-15-17(11-14-22(20)30)28-24(26)4-2/h3-15H,1-2H2/q+1. The molecule has 0 amide bonds. The molecule has 1 unspecified atom stereocenters. The summed E-state index contributed by atoms with van der Waals surface area (Å²) in [5.74, 6) is 1.15. The summed E-state index contributed by atoms with van der Waals surface area (Å²) in [6, 6.07) is 20.5. The molecular formula is C24H17O5S+. The van der Waals surface area contributed by atoms with E-state index in [-0.39, 0.29) is 0 Å². The van der Waals surface area contributed by atoms with E-state index in [0.29, 0.717) is 17.2 Å². The molecule has 148 valence electrons. The van der Waals surface area contributed by atoms with Crippen LogP contribution in [0.1, 0.15) is 0 Å². The maximum atomic E-state index is 11.5. The van der Waals surface area contributed by atoms with Crippen LogP contribution in [0.4, 0.5) is 0 Å². The molecule has 0 aliphatic carbocycles. The SMILES string of the molecule is C=CC(=O)Oc1ccc([S+]2c3ccccc3Oc3cc(OC(=O)C=C)ccc32)cc1. The molecule has 6 heteroatoms. The van der Waals surface area contributed by atoms with E-state index in [4.69, 9.17) is 14.2 Å². The van der Waals surface area contributed by atoms with Crippen LogP contribution in [0.2, 0.25) is 0 Å². The van der Waals surface area contributed by atoms with Crippen LogP contribution >= 0.6 is 0 Å². The first-order valence-electron chi connectivity index (χ1n) is 9.03. The Morgan fingerprint density at radius 3 is 2.07 bits per heavy atom. The lowest BCUT2D eigenvalue weighted by Gasteiger charge is -2.20. The summed E-state index contributed by atoms with van der Waals surface area (Å²) in [5, 5.41) is 0. The maximum absolute atomic E-state index is 11.5. The molecule has 0 saturated heterocycles. The smallest absolute Gasteiger partial charge is 0.335 e. The number of benzene rings is 3. The van der Waals surface area contributed by atoms with Crippen molar-refractivity contribution in [3.05, 3.63) is 92.0 Å². The molecule has 0 N–H and O–H groups in total. The third kappa shape index (κ3) is 3.86. The van der Waals surface area contributed by atoms with Crippen LogP contribution in [0.3, 0.4) is 0 Å². The molecule has 1 atom stereocenters. The molecule has 0 saturated carbocycles. The highest BCUT2D eigenvalue weighted by atomic mass is 32.2. The van der Waals surface area contributed by atoms with E-state index in [2.05, 4.69) is 13.2 Å². The van der Waals surface area contributed by atoms with Gasteiger partial charge in [0.25, 0.3) is 0 Å². The van der Waals surface area contributed by atoms with Gasteiger partial charge < -0.3 is 14.2 Å². The molecule has 1 aliphatic rings. The minimum atomic E-state index is -0.533. The number of rotatable bonds is 5. The normalized spacial score (nSPS) is 13.8. The molecule has 0 bridgehead atoms. The van der Waals surface area contributed by atoms with Crippen molar-refractivity contribution < 1.29 is 23.8 Å². The van der Waals surface area contributed by atoms with E-state index >= 15 is 0 Å². The predicted octanol–water partition coefficient (Wildman–Crippen LogP) is 5.07. The molecule has 0 spiro atoms. The third-order valence-electron chi connectivity index (χ3n) is 4.25. The molecule has 4 rings (SSSR count). The molecule has 5 nitrogen and oxygen atoms in total. The maximum Gasteiger partial charge on any atom is 0.335 e. The number of hydrogen-bond donors (Lipinski definition) is 0. The highest BCUT2D eigenvalue weighted by Crippen LogP contribution is 2.48. The van der Waals surface area contributed by atoms with Gasteiger partial charge in [-0.2, -0.15) is 0 Å². The van der Waals surface area contributed by atoms with Gasteiger partial charge in [-0.3, -0.25) is 0 Å². The van der Waals surface area contributed by atoms with E-state index in [9.17, 15) is 9.59 Å². The summed E-state index contributed by atoms with van der Waals surface area (Å²) in [4.78, 5) is 26.0. The van der Waals surface area contributed by atoms with E-state index in [0.717, 1.165) is 32.6 Å². The van der Waals surface area contributed by atoms with Gasteiger partial charge in [0.1, 0.15) is 22.4 Å². The number of hydrogen-bond acceptors (Lipinski definition) is 5. The van der Waals surface area contributed by atoms with E-state index < -0.39 is 22.8 Å². The topological polar surface area (TPSA) is 61.8 Å². The van der Waals surface area contributed by atoms with Crippen LogP contribution in [0.25, 0.3) is 0 Å². The van der Waals surface area contributed by atoms with E-state index in [1.165, 1.54) is 0 Å². The van der Waals surface area contributed by atoms with Gasteiger partial charge in [0, 0.05) is 24.3 Å². The summed E-state index contributed by atoms with van der Waals surface area (Å²) in [5.41, 5.74) is 0. The molecule has 3 aromatic carbocycles. The first kappa shape index (κ1) is 19.5. The highest BCUT2D eigenvalue weighted by molar-refractivity contribution is 7.97. The van der Waals surface area contributed by atoms with Crippen LogP contribution in [-0.4, -0.2) is 11.9 Å². The zero-order chi connectivity index (χ0) is 21.1. The second-order valence-electron chi connectivity index (χ2n) is 6.19. The van der Waals surface area contributed by atoms with Crippen molar-refractivity contribution in [3.8, 4) is 23.0 Å². The third-order valence-corrected chi connectivity index (χ3v) is 6.55. The van der Waals surface area contributed by atoms with Crippen molar-refractivity contribution in [2.75, 3.05) is 0 Å². The van der Waals surface area contributed by atoms with E-state index in [1.807, 2.05) is 42.5 Å². The number of ether oxygens (including phenoxy) is 3. The Hall–Kier alpha value is -3.77. The molecule has 1 aliphatic heterocycles. The number of para-hydroxylation sites is 1. The Morgan fingerprint density at radius 1 is 0.767 bits per heavy atom. The number of carbonyl (C=O) groups excluding carboxylic acids is 2. The highest BCUT2D eigenvalue weighted by Gasteiger charge is 2.39. The fraction of sp³-hybridized carbons (Fsp3) is 0. The van der Waals surface area contributed by atoms with Gasteiger partial charge in [-0.05, 0) is 42.5 Å². The lowest BCUT2D eigenvalue weighted by Crippen LogP contribution is -2.13. The quantitative estimate of drug-likeness (QED) is 0.196. The zero-order valence-electron chi connectivity index (χ0n) is 15.9. The Bertz CT molecular complexity index is 1150. The predicted molar refractivity (Wildman–Crippen MR) is 113 cm³/mol. The molecule has 3 aromatic rings. The van der Waals surface area contributed by atoms with Crippen LogP contribution in [0, 0.1) is 0 Å². The minimum Gasteiger partial charge on any atom is -0.447 e. The summed E-state index contributed by atoms with van der Waals surface area (Å²) in [7, 11) is -0.450. The number of carbonyl (C=O) groups is 2. The zero-order valence-corrected chi connectivity index (χ0v) is 16.7. The molecule has 0 radical (unpaired) electrons. The molecular weight excluding hydrogens is 400 g/mol. The largest absolute Gasteiger partial charge is 0.447 e. The van der Waals surface area contributed by atoms with Crippen LogP contribution in [-0.2, 0) is 20.5 Å². The average Bonchev–Trinajstić information content (AvgIpc) is 2.77. The summed E-state index contributed by atoms with van der Waals surface area (Å²) >= 11 is 0. The van der Waals surface area contributed by atoms with Gasteiger partial charge in [-0.25, -0.2) is 9.59 Å². The summed E-state index contributed by atoms with van der Waals surface area (Å²) in [6.07, 6.45) is 2.23. The Kier molecular flexibility index (Phi) is 5.41. The van der Waals surface area contributed by atoms with Crippen molar-refractivity contribution in [2.24, 2.45) is 0 Å². The molecule has 0 aromatic heterocycles. The Morgan fingerprint density at radius 2 is 1.37 bits per heavy atom.